The molecular weight excluding hydrogens is 1340 g/mol. The number of oxazole rings is 2. The zero-order valence-corrected chi connectivity index (χ0v) is 59.5. The van der Waals surface area contributed by atoms with Crippen molar-refractivity contribution in [2.45, 2.75) is 0 Å². The standard InChI is InChI=1S/C102H64N6O2/c1-4-22-71(23-5-1)101-103-89-57-47-70-29-20-40-95(98(70)100(89)110-101)106(80-56-58-92-87(64-80)84-34-14-16-37-90(84)107(92)75-30-8-3-9-31-75)77-53-45-68(46-54-77)86-62-74(61-73-26-11-13-33-83(73)86)65-41-49-78(50-42-65)108-91-38-17-15-35-85(91)88-63-79(55-59-93(88)108)105(76-51-43-67(44-52-76)82-36-18-27-66-21-10-12-32-81(66)82)94-39-19-28-69-48-60-96-99(97(69)94)104-102(109-96)72-24-6-2-7-25-72/h1-64H. The molecule has 0 spiro atoms. The predicted octanol–water partition coefficient (Wildman–Crippen LogP) is 28.1. The average Bonchev–Trinajstić information content (AvgIpc) is 1.53. The zero-order valence-electron chi connectivity index (χ0n) is 59.5. The summed E-state index contributed by atoms with van der Waals surface area (Å²) in [5, 5.41) is 13.5. The van der Waals surface area contributed by atoms with Gasteiger partial charge in [0.05, 0.1) is 38.8 Å². The molecule has 0 fully saturated rings. The molecule has 22 rings (SSSR count). The second kappa shape index (κ2) is 25.4. The van der Waals surface area contributed by atoms with Gasteiger partial charge in [-0.2, -0.15) is 0 Å². The number of benzene rings is 18. The Morgan fingerprint density at radius 3 is 1.33 bits per heavy atom. The zero-order chi connectivity index (χ0) is 72.3. The van der Waals surface area contributed by atoms with E-state index in [1.807, 2.05) is 66.7 Å². The van der Waals surface area contributed by atoms with Crippen LogP contribution in [0.2, 0.25) is 0 Å². The molecule has 0 atom stereocenters. The number of hydrogen-bond acceptors (Lipinski definition) is 6. The van der Waals surface area contributed by atoms with Gasteiger partial charge in [-0.05, 0) is 223 Å². The number of aromatic nitrogens is 4. The first-order valence-electron chi connectivity index (χ1n) is 37.3. The van der Waals surface area contributed by atoms with Gasteiger partial charge in [0.1, 0.15) is 11.0 Å². The molecule has 0 radical (unpaired) electrons. The van der Waals surface area contributed by atoms with Gasteiger partial charge in [-0.25, -0.2) is 9.97 Å². The van der Waals surface area contributed by atoms with Crippen molar-refractivity contribution < 1.29 is 8.83 Å². The molecule has 0 saturated carbocycles. The lowest BCUT2D eigenvalue weighted by Gasteiger charge is -2.27. The van der Waals surface area contributed by atoms with Crippen molar-refractivity contribution in [3.05, 3.63) is 388 Å². The maximum atomic E-state index is 6.87. The number of fused-ring (bicyclic) bond motifs is 14. The highest BCUT2D eigenvalue weighted by Crippen LogP contribution is 2.49. The molecule has 110 heavy (non-hydrogen) atoms. The Labute approximate surface area is 632 Å². The third-order valence-electron chi connectivity index (χ3n) is 22.1. The molecule has 8 nitrogen and oxygen atoms in total. The quantitative estimate of drug-likeness (QED) is 0.115. The van der Waals surface area contributed by atoms with E-state index in [1.54, 1.807) is 0 Å². The summed E-state index contributed by atoms with van der Waals surface area (Å²) >= 11 is 0. The minimum absolute atomic E-state index is 0.587. The Morgan fingerprint density at radius 1 is 0.245 bits per heavy atom. The molecule has 0 aliphatic rings. The molecule has 4 aromatic heterocycles. The molecule has 8 heteroatoms. The summed E-state index contributed by atoms with van der Waals surface area (Å²) in [6.45, 7) is 0. The fraction of sp³-hybridized carbons (Fsp3) is 0. The number of para-hydroxylation sites is 3. The lowest BCUT2D eigenvalue weighted by molar-refractivity contribution is 0.620. The van der Waals surface area contributed by atoms with E-state index in [9.17, 15) is 0 Å². The number of rotatable bonds is 13. The highest BCUT2D eigenvalue weighted by atomic mass is 16.4. The van der Waals surface area contributed by atoms with Crippen LogP contribution in [0.5, 0.6) is 0 Å². The lowest BCUT2D eigenvalue weighted by atomic mass is 9.93. The molecule has 18 aromatic carbocycles. The van der Waals surface area contributed by atoms with Gasteiger partial charge in [0.15, 0.2) is 11.2 Å². The molecule has 0 bridgehead atoms. The van der Waals surface area contributed by atoms with Crippen molar-refractivity contribution >= 4 is 143 Å². The van der Waals surface area contributed by atoms with E-state index in [-0.39, 0.29) is 0 Å². The van der Waals surface area contributed by atoms with Crippen LogP contribution in [0.3, 0.4) is 0 Å². The van der Waals surface area contributed by atoms with Crippen LogP contribution in [0, 0.1) is 0 Å². The van der Waals surface area contributed by atoms with Gasteiger partial charge in [0.2, 0.25) is 11.8 Å². The molecule has 0 aliphatic carbocycles. The number of anilines is 6. The fourth-order valence-corrected chi connectivity index (χ4v) is 17.0. The first-order chi connectivity index (χ1) is 54.5. The van der Waals surface area contributed by atoms with Gasteiger partial charge in [-0.3, -0.25) is 0 Å². The van der Waals surface area contributed by atoms with Crippen LogP contribution in [0.1, 0.15) is 0 Å². The molecule has 514 valence electrons. The minimum atomic E-state index is 0.587. The third kappa shape index (κ3) is 10.3. The fourth-order valence-electron chi connectivity index (χ4n) is 17.0. The summed E-state index contributed by atoms with van der Waals surface area (Å²) in [6.07, 6.45) is 0. The van der Waals surface area contributed by atoms with E-state index < -0.39 is 0 Å². The Morgan fingerprint density at radius 2 is 0.700 bits per heavy atom. The van der Waals surface area contributed by atoms with Crippen molar-refractivity contribution in [1.29, 1.82) is 0 Å². The third-order valence-corrected chi connectivity index (χ3v) is 22.1. The van der Waals surface area contributed by atoms with Crippen molar-refractivity contribution in [2.24, 2.45) is 0 Å². The summed E-state index contributed by atoms with van der Waals surface area (Å²) in [6, 6.07) is 140. The summed E-state index contributed by atoms with van der Waals surface area (Å²) in [7, 11) is 0. The number of nitrogens with zero attached hydrogens (tertiary/aromatic N) is 6. The van der Waals surface area contributed by atoms with Crippen molar-refractivity contribution in [3.63, 3.8) is 0 Å². The number of hydrogen-bond donors (Lipinski definition) is 0. The first kappa shape index (κ1) is 62.5. The van der Waals surface area contributed by atoms with E-state index >= 15 is 0 Å². The first-order valence-corrected chi connectivity index (χ1v) is 37.3. The molecule has 22 aromatic rings. The molecule has 0 saturated heterocycles. The molecule has 0 unspecified atom stereocenters. The molecule has 0 amide bonds. The van der Waals surface area contributed by atoms with Crippen LogP contribution >= 0.6 is 0 Å². The molecular formula is C102H64N6O2. The predicted molar refractivity (Wildman–Crippen MR) is 457 cm³/mol. The van der Waals surface area contributed by atoms with E-state index in [4.69, 9.17) is 18.8 Å². The van der Waals surface area contributed by atoms with Crippen LogP contribution in [0.25, 0.3) is 177 Å². The van der Waals surface area contributed by atoms with Crippen LogP contribution in [-0.4, -0.2) is 19.1 Å². The second-order valence-electron chi connectivity index (χ2n) is 28.4. The Bertz CT molecular complexity index is 7380. The van der Waals surface area contributed by atoms with Crippen LogP contribution < -0.4 is 9.80 Å². The molecule has 0 N–H and O–H groups in total. The highest BCUT2D eigenvalue weighted by molar-refractivity contribution is 6.17. The van der Waals surface area contributed by atoms with Crippen LogP contribution in [-0.2, 0) is 0 Å². The van der Waals surface area contributed by atoms with E-state index in [1.165, 1.54) is 32.5 Å². The van der Waals surface area contributed by atoms with E-state index in [0.717, 1.165) is 166 Å². The SMILES string of the molecule is c1ccc(-c2nc3c(ccc4cccc(N(c5ccc(-c6cccc7ccccc67)cc5)c5ccc6c(c5)c5ccccc5n6-c5ccc(-c6cc(-c7ccc(N(c8ccc9c(c8)c8ccccc8n9-c8ccccc8)c8cccc9ccc%10nc(-c%11ccccc%11)oc%10c89)cc7)c7ccccc7c6)cc5)c43)o2)cc1. The van der Waals surface area contributed by atoms with Crippen molar-refractivity contribution in [2.75, 3.05) is 9.80 Å². The van der Waals surface area contributed by atoms with Gasteiger partial charge in [0.25, 0.3) is 0 Å². The topological polar surface area (TPSA) is 68.4 Å². The highest BCUT2D eigenvalue weighted by Gasteiger charge is 2.26. The smallest absolute Gasteiger partial charge is 0.227 e. The Hall–Kier alpha value is -14.9. The van der Waals surface area contributed by atoms with Gasteiger partial charge < -0.3 is 27.8 Å². The molecule has 4 heterocycles. The van der Waals surface area contributed by atoms with Gasteiger partial charge in [0, 0.05) is 72.2 Å². The maximum absolute atomic E-state index is 6.87. The molecule has 0 aliphatic heterocycles. The summed E-state index contributed by atoms with van der Waals surface area (Å²) < 4.78 is 18.2. The lowest BCUT2D eigenvalue weighted by Crippen LogP contribution is -2.10. The Kier molecular flexibility index (Phi) is 14.5. The van der Waals surface area contributed by atoms with Gasteiger partial charge in [-0.15, -0.1) is 0 Å². The summed E-state index contributed by atoms with van der Waals surface area (Å²) in [5.74, 6) is 1.18. The van der Waals surface area contributed by atoms with Crippen molar-refractivity contribution in [1.82, 2.24) is 19.1 Å². The van der Waals surface area contributed by atoms with E-state index in [2.05, 4.69) is 340 Å². The second-order valence-corrected chi connectivity index (χ2v) is 28.4. The summed E-state index contributed by atoms with van der Waals surface area (Å²) in [4.78, 5) is 15.1. The monoisotopic (exact) mass is 1400 g/mol. The van der Waals surface area contributed by atoms with Crippen molar-refractivity contribution in [3.8, 4) is 67.7 Å². The maximum Gasteiger partial charge on any atom is 0.227 e. The minimum Gasteiger partial charge on any atom is -0.436 e. The van der Waals surface area contributed by atoms with Gasteiger partial charge >= 0.3 is 0 Å². The largest absolute Gasteiger partial charge is 0.436 e. The van der Waals surface area contributed by atoms with Crippen LogP contribution in [0.15, 0.2) is 397 Å². The Balaban J connectivity index is 0.646. The van der Waals surface area contributed by atoms with Crippen LogP contribution in [0.4, 0.5) is 34.1 Å². The van der Waals surface area contributed by atoms with Gasteiger partial charge in [-0.1, -0.05) is 231 Å². The normalized spacial score (nSPS) is 11.8. The average molecular weight is 1410 g/mol. The summed E-state index contributed by atoms with van der Waals surface area (Å²) in [5.41, 5.74) is 24.5. The van der Waals surface area contributed by atoms with E-state index in [0.29, 0.717) is 11.8 Å².